The van der Waals surface area contributed by atoms with Crippen LogP contribution >= 0.6 is 11.6 Å². The fourth-order valence-electron chi connectivity index (χ4n) is 1.97. The van der Waals surface area contributed by atoms with E-state index in [1.165, 1.54) is 0 Å². The van der Waals surface area contributed by atoms with Crippen LogP contribution in [0, 0.1) is 0 Å². The van der Waals surface area contributed by atoms with Crippen molar-refractivity contribution in [2.24, 2.45) is 0 Å². The smallest absolute Gasteiger partial charge is 0.416 e. The number of hydrogen-bond acceptors (Lipinski definition) is 3. The third kappa shape index (κ3) is 5.29. The van der Waals surface area contributed by atoms with E-state index in [4.69, 9.17) is 21.1 Å². The van der Waals surface area contributed by atoms with E-state index >= 15 is 0 Å². The van der Waals surface area contributed by atoms with Crippen LogP contribution in [-0.2, 0) is 11.0 Å². The lowest BCUT2D eigenvalue weighted by Gasteiger charge is -2.13. The molecule has 4 nitrogen and oxygen atoms in total. The second-order valence-corrected chi connectivity index (χ2v) is 5.32. The summed E-state index contributed by atoms with van der Waals surface area (Å²) in [7, 11) is 0. The summed E-state index contributed by atoms with van der Waals surface area (Å²) in [6, 6.07) is 9.45. The van der Waals surface area contributed by atoms with Crippen molar-refractivity contribution in [1.82, 2.24) is 0 Å². The van der Waals surface area contributed by atoms with Crippen molar-refractivity contribution in [2.45, 2.75) is 13.1 Å². The Morgan fingerprint density at radius 2 is 1.76 bits per heavy atom. The van der Waals surface area contributed by atoms with Gasteiger partial charge in [0.1, 0.15) is 0 Å². The van der Waals surface area contributed by atoms with Crippen LogP contribution < -0.4 is 14.8 Å². The van der Waals surface area contributed by atoms with E-state index in [-0.39, 0.29) is 10.7 Å². The van der Waals surface area contributed by atoms with E-state index in [1.807, 2.05) is 0 Å². The molecule has 0 aromatic heterocycles. The van der Waals surface area contributed by atoms with Gasteiger partial charge < -0.3 is 14.8 Å². The molecule has 1 amide bonds. The number of alkyl halides is 3. The number of nitrogens with one attached hydrogen (secondary N) is 1. The molecule has 1 N–H and O–H groups in total. The van der Waals surface area contributed by atoms with Crippen molar-refractivity contribution in [3.63, 3.8) is 0 Å². The molecule has 134 valence electrons. The Labute approximate surface area is 147 Å². The van der Waals surface area contributed by atoms with Gasteiger partial charge in [0.15, 0.2) is 18.1 Å². The molecule has 2 aromatic carbocycles. The first-order valence-corrected chi connectivity index (χ1v) is 7.70. The predicted molar refractivity (Wildman–Crippen MR) is 88.2 cm³/mol. The van der Waals surface area contributed by atoms with E-state index < -0.39 is 24.3 Å². The van der Waals surface area contributed by atoms with Crippen molar-refractivity contribution in [2.75, 3.05) is 18.5 Å². The molecule has 0 fully saturated rings. The Bertz CT molecular complexity index is 750. The van der Waals surface area contributed by atoms with Crippen LogP contribution in [0.1, 0.15) is 12.5 Å². The van der Waals surface area contributed by atoms with Gasteiger partial charge in [-0.3, -0.25) is 4.79 Å². The summed E-state index contributed by atoms with van der Waals surface area (Å²) in [5.74, 6) is 0.178. The lowest BCUT2D eigenvalue weighted by atomic mass is 10.2. The molecule has 0 bridgehead atoms. The van der Waals surface area contributed by atoms with Gasteiger partial charge in [-0.15, -0.1) is 0 Å². The second-order valence-electron chi connectivity index (χ2n) is 4.91. The number of halogens is 4. The molecule has 0 aliphatic heterocycles. The van der Waals surface area contributed by atoms with Gasteiger partial charge in [-0.1, -0.05) is 23.7 Å². The van der Waals surface area contributed by atoms with Crippen LogP contribution in [0.15, 0.2) is 42.5 Å². The summed E-state index contributed by atoms with van der Waals surface area (Å²) >= 11 is 5.83. The van der Waals surface area contributed by atoms with Crippen LogP contribution in [0.2, 0.25) is 5.02 Å². The van der Waals surface area contributed by atoms with Gasteiger partial charge in [-0.05, 0) is 37.3 Å². The number of amides is 1. The fraction of sp³-hybridized carbons (Fsp3) is 0.235. The Morgan fingerprint density at radius 3 is 2.36 bits per heavy atom. The number of benzene rings is 2. The minimum Gasteiger partial charge on any atom is -0.490 e. The molecule has 8 heteroatoms. The zero-order valence-corrected chi connectivity index (χ0v) is 13.9. The van der Waals surface area contributed by atoms with E-state index in [9.17, 15) is 18.0 Å². The average Bonchev–Trinajstić information content (AvgIpc) is 2.55. The summed E-state index contributed by atoms with van der Waals surface area (Å²) in [5.41, 5.74) is -1.04. The molecule has 2 aromatic rings. The minimum absolute atomic E-state index is 0.00364. The predicted octanol–water partition coefficient (Wildman–Crippen LogP) is 4.78. The summed E-state index contributed by atoms with van der Waals surface area (Å²) < 4.78 is 48.9. The molecule has 2 rings (SSSR count). The maximum absolute atomic E-state index is 12.7. The Morgan fingerprint density at radius 1 is 1.12 bits per heavy atom. The van der Waals surface area contributed by atoms with Crippen LogP contribution in [0.25, 0.3) is 0 Å². The van der Waals surface area contributed by atoms with Gasteiger partial charge in [0.2, 0.25) is 0 Å². The van der Waals surface area contributed by atoms with Crippen molar-refractivity contribution in [3.05, 3.63) is 53.1 Å². The minimum atomic E-state index is -4.53. The summed E-state index contributed by atoms with van der Waals surface area (Å²) in [5, 5.41) is 2.30. The molecule has 0 unspecified atom stereocenters. The van der Waals surface area contributed by atoms with Crippen LogP contribution in [0.4, 0.5) is 18.9 Å². The number of carbonyl (C=O) groups is 1. The molecule has 0 heterocycles. The summed E-state index contributed by atoms with van der Waals surface area (Å²) in [6.45, 7) is 1.82. The van der Waals surface area contributed by atoms with Gasteiger partial charge in [-0.25, -0.2) is 0 Å². The second kappa shape index (κ2) is 8.11. The van der Waals surface area contributed by atoms with Crippen molar-refractivity contribution < 1.29 is 27.4 Å². The summed E-state index contributed by atoms with van der Waals surface area (Å²) in [4.78, 5) is 12.0. The molecule has 0 saturated carbocycles. The molecule has 0 aliphatic carbocycles. The molecular weight excluding hydrogens is 359 g/mol. The molecule has 0 aliphatic rings. The highest BCUT2D eigenvalue weighted by atomic mass is 35.5. The third-order valence-corrected chi connectivity index (χ3v) is 3.41. The van der Waals surface area contributed by atoms with Gasteiger partial charge >= 0.3 is 6.18 Å². The highest BCUT2D eigenvalue weighted by Crippen LogP contribution is 2.34. The van der Waals surface area contributed by atoms with Gasteiger partial charge in [0, 0.05) is 0 Å². The van der Waals surface area contributed by atoms with E-state index in [0.717, 1.165) is 18.2 Å². The maximum Gasteiger partial charge on any atom is 0.416 e. The van der Waals surface area contributed by atoms with Gasteiger partial charge in [-0.2, -0.15) is 13.2 Å². The number of rotatable bonds is 6. The largest absolute Gasteiger partial charge is 0.490 e. The van der Waals surface area contributed by atoms with E-state index in [0.29, 0.717) is 18.1 Å². The zero-order chi connectivity index (χ0) is 18.4. The molecule has 0 atom stereocenters. The standard InChI is InChI=1S/C17H15ClF3NO3/c1-2-24-14-5-3-4-6-15(14)25-10-16(23)22-13-9-11(17(19,20)21)7-8-12(13)18/h3-9H,2,10H2,1H3,(H,22,23). The Hall–Kier alpha value is -2.41. The van der Waals surface area contributed by atoms with Crippen molar-refractivity contribution >= 4 is 23.2 Å². The fourth-order valence-corrected chi connectivity index (χ4v) is 2.14. The van der Waals surface area contributed by atoms with Crippen molar-refractivity contribution in [3.8, 4) is 11.5 Å². The SMILES string of the molecule is CCOc1ccccc1OCC(=O)Nc1cc(C(F)(F)F)ccc1Cl. The van der Waals surface area contributed by atoms with Crippen LogP contribution in [0.5, 0.6) is 11.5 Å². The lowest BCUT2D eigenvalue weighted by Crippen LogP contribution is -2.21. The molecular formula is C17H15ClF3NO3. The van der Waals surface area contributed by atoms with Gasteiger partial charge in [0.05, 0.1) is 22.9 Å². The van der Waals surface area contributed by atoms with Gasteiger partial charge in [0.25, 0.3) is 5.91 Å². The van der Waals surface area contributed by atoms with Crippen LogP contribution in [-0.4, -0.2) is 19.1 Å². The lowest BCUT2D eigenvalue weighted by molar-refractivity contribution is -0.137. The molecule has 0 spiro atoms. The first-order chi connectivity index (χ1) is 11.8. The van der Waals surface area contributed by atoms with Crippen LogP contribution in [0.3, 0.4) is 0 Å². The highest BCUT2D eigenvalue weighted by Gasteiger charge is 2.31. The number of ether oxygens (including phenoxy) is 2. The first kappa shape index (κ1) is 18.9. The van der Waals surface area contributed by atoms with Crippen molar-refractivity contribution in [1.29, 1.82) is 0 Å². The normalized spacial score (nSPS) is 11.1. The first-order valence-electron chi connectivity index (χ1n) is 7.32. The van der Waals surface area contributed by atoms with E-state index in [1.54, 1.807) is 31.2 Å². The number of hydrogen-bond donors (Lipinski definition) is 1. The monoisotopic (exact) mass is 373 g/mol. The van der Waals surface area contributed by atoms with E-state index in [2.05, 4.69) is 5.32 Å². The molecule has 0 saturated heterocycles. The quantitative estimate of drug-likeness (QED) is 0.793. The maximum atomic E-state index is 12.7. The summed E-state index contributed by atoms with van der Waals surface area (Å²) in [6.07, 6.45) is -4.53. The average molecular weight is 374 g/mol. The molecule has 25 heavy (non-hydrogen) atoms. The number of para-hydroxylation sites is 2. The Kier molecular flexibility index (Phi) is 6.14. The topological polar surface area (TPSA) is 47.6 Å². The molecule has 0 radical (unpaired) electrons. The highest BCUT2D eigenvalue weighted by molar-refractivity contribution is 6.33. The number of anilines is 1. The Balaban J connectivity index is 2.04. The number of carbonyl (C=O) groups excluding carboxylic acids is 1. The zero-order valence-electron chi connectivity index (χ0n) is 13.2. The third-order valence-electron chi connectivity index (χ3n) is 3.08.